The predicted octanol–water partition coefficient (Wildman–Crippen LogP) is 3.94. The summed E-state index contributed by atoms with van der Waals surface area (Å²) in [5.41, 5.74) is 0. The number of hydrogen-bond donors (Lipinski definition) is 0. The van der Waals surface area contributed by atoms with Crippen molar-refractivity contribution in [3.8, 4) is 0 Å². The van der Waals surface area contributed by atoms with E-state index < -0.39 is 0 Å². The van der Waals surface area contributed by atoms with Gasteiger partial charge in [-0.2, -0.15) is 0 Å². The lowest BCUT2D eigenvalue weighted by molar-refractivity contribution is 0.0968. The lowest BCUT2D eigenvalue weighted by Gasteiger charge is -2.24. The van der Waals surface area contributed by atoms with Crippen molar-refractivity contribution in [3.05, 3.63) is 12.7 Å². The Balaban J connectivity index is 0.000000146. The van der Waals surface area contributed by atoms with Gasteiger partial charge in [0.1, 0.15) is 0 Å². The molecule has 1 aliphatic heterocycles. The Morgan fingerprint density at radius 1 is 1.07 bits per heavy atom. The average molecular weight is 196 g/mol. The maximum absolute atomic E-state index is 5.07. The minimum Gasteiger partial charge on any atom is -0.381 e. The van der Waals surface area contributed by atoms with Gasteiger partial charge in [0.15, 0.2) is 0 Å². The molecule has 1 saturated heterocycles. The second-order valence-electron chi connectivity index (χ2n) is 4.34. The van der Waals surface area contributed by atoms with Crippen LogP contribution in [0.3, 0.4) is 0 Å². The molecule has 0 bridgehead atoms. The first kappa shape index (κ1) is 11.8. The molecule has 0 atom stereocenters. The van der Waals surface area contributed by atoms with E-state index in [2.05, 4.69) is 6.58 Å². The lowest BCUT2D eigenvalue weighted by Crippen LogP contribution is -2.09. The van der Waals surface area contributed by atoms with E-state index in [0.29, 0.717) is 0 Å². The van der Waals surface area contributed by atoms with Crippen LogP contribution in [0.4, 0.5) is 0 Å². The first-order chi connectivity index (χ1) is 6.93. The lowest BCUT2D eigenvalue weighted by atomic mass is 9.82. The number of rotatable bonds is 3. The third-order valence-corrected chi connectivity index (χ3v) is 3.08. The van der Waals surface area contributed by atoms with Gasteiger partial charge in [-0.15, -0.1) is 6.58 Å². The summed E-state index contributed by atoms with van der Waals surface area (Å²) in [5, 5.41) is 0. The monoisotopic (exact) mass is 196 g/mol. The van der Waals surface area contributed by atoms with Gasteiger partial charge in [-0.3, -0.25) is 0 Å². The molecule has 1 heteroatoms. The molecule has 0 aromatic rings. The van der Waals surface area contributed by atoms with Crippen molar-refractivity contribution in [2.75, 3.05) is 13.2 Å². The Morgan fingerprint density at radius 3 is 2.07 bits per heavy atom. The van der Waals surface area contributed by atoms with Crippen LogP contribution in [0.15, 0.2) is 12.7 Å². The summed E-state index contributed by atoms with van der Waals surface area (Å²) in [6.07, 6.45) is 13.0. The minimum absolute atomic E-state index is 1.00. The fraction of sp³-hybridized carbons (Fsp3) is 0.846. The van der Waals surface area contributed by atoms with Gasteiger partial charge in [0.25, 0.3) is 0 Å². The summed E-state index contributed by atoms with van der Waals surface area (Å²) in [6.45, 7) is 5.69. The highest BCUT2D eigenvalue weighted by Crippen LogP contribution is 2.30. The van der Waals surface area contributed by atoms with Crippen LogP contribution in [-0.4, -0.2) is 13.2 Å². The summed E-state index contributed by atoms with van der Waals surface area (Å²) in [7, 11) is 0. The highest BCUT2D eigenvalue weighted by Gasteiger charge is 2.15. The standard InChI is InChI=1S/C8H14.C5H10O/c1-2-3-5-8-6-4-7-8;1-2-4-6-5-3-1/h2,8H,1,3-7H2;1-5H2. The van der Waals surface area contributed by atoms with Crippen LogP contribution in [-0.2, 0) is 4.74 Å². The van der Waals surface area contributed by atoms with Crippen LogP contribution in [0, 0.1) is 5.92 Å². The first-order valence-corrected chi connectivity index (χ1v) is 6.12. The smallest absolute Gasteiger partial charge is 0.0466 e. The van der Waals surface area contributed by atoms with Gasteiger partial charge < -0.3 is 4.74 Å². The molecule has 1 nitrogen and oxygen atoms in total. The molecule has 2 aliphatic rings. The van der Waals surface area contributed by atoms with Gasteiger partial charge in [-0.1, -0.05) is 25.3 Å². The van der Waals surface area contributed by atoms with Crippen molar-refractivity contribution in [1.82, 2.24) is 0 Å². The molecule has 0 radical (unpaired) electrons. The summed E-state index contributed by atoms with van der Waals surface area (Å²) >= 11 is 0. The molecule has 2 fully saturated rings. The number of hydrogen-bond acceptors (Lipinski definition) is 1. The molecule has 1 heterocycles. The summed E-state index contributed by atoms with van der Waals surface area (Å²) in [4.78, 5) is 0. The van der Waals surface area contributed by atoms with E-state index in [-0.39, 0.29) is 0 Å². The molecule has 0 N–H and O–H groups in total. The van der Waals surface area contributed by atoms with E-state index in [1.165, 1.54) is 51.4 Å². The SMILES string of the molecule is C1CCOCC1.C=CCCC1CCC1. The Hall–Kier alpha value is -0.300. The molecular formula is C13H24O. The van der Waals surface area contributed by atoms with Crippen molar-refractivity contribution in [2.24, 2.45) is 5.92 Å². The molecule has 0 aromatic heterocycles. The van der Waals surface area contributed by atoms with E-state index in [0.717, 1.165) is 19.1 Å². The third kappa shape index (κ3) is 5.43. The first-order valence-electron chi connectivity index (χ1n) is 6.12. The molecule has 14 heavy (non-hydrogen) atoms. The Kier molecular flexibility index (Phi) is 6.77. The van der Waals surface area contributed by atoms with Crippen molar-refractivity contribution in [1.29, 1.82) is 0 Å². The normalized spacial score (nSPS) is 21.7. The van der Waals surface area contributed by atoms with Gasteiger partial charge in [0, 0.05) is 13.2 Å². The molecule has 1 saturated carbocycles. The zero-order chi connectivity index (χ0) is 10.1. The number of ether oxygens (including phenoxy) is 1. The fourth-order valence-corrected chi connectivity index (χ4v) is 1.82. The number of allylic oxidation sites excluding steroid dienone is 1. The van der Waals surface area contributed by atoms with E-state index in [4.69, 9.17) is 4.74 Å². The quantitative estimate of drug-likeness (QED) is 0.621. The van der Waals surface area contributed by atoms with Crippen LogP contribution < -0.4 is 0 Å². The Labute approximate surface area is 88.5 Å². The summed E-state index contributed by atoms with van der Waals surface area (Å²) < 4.78 is 5.07. The van der Waals surface area contributed by atoms with Crippen LogP contribution >= 0.6 is 0 Å². The molecule has 0 spiro atoms. The fourth-order valence-electron chi connectivity index (χ4n) is 1.82. The summed E-state index contributed by atoms with van der Waals surface area (Å²) in [6, 6.07) is 0. The predicted molar refractivity (Wildman–Crippen MR) is 61.4 cm³/mol. The van der Waals surface area contributed by atoms with Crippen molar-refractivity contribution >= 4 is 0 Å². The van der Waals surface area contributed by atoms with E-state index in [9.17, 15) is 0 Å². The zero-order valence-corrected chi connectivity index (χ0v) is 9.34. The van der Waals surface area contributed by atoms with Crippen molar-refractivity contribution < 1.29 is 4.74 Å². The molecule has 1 aliphatic carbocycles. The van der Waals surface area contributed by atoms with E-state index in [1.807, 2.05) is 6.08 Å². The topological polar surface area (TPSA) is 9.23 Å². The summed E-state index contributed by atoms with van der Waals surface area (Å²) in [5.74, 6) is 1.06. The molecular weight excluding hydrogens is 172 g/mol. The molecule has 0 amide bonds. The highest BCUT2D eigenvalue weighted by molar-refractivity contribution is 4.74. The Morgan fingerprint density at radius 2 is 1.79 bits per heavy atom. The second kappa shape index (κ2) is 8.05. The van der Waals surface area contributed by atoms with Gasteiger partial charge in [-0.05, 0) is 38.0 Å². The van der Waals surface area contributed by atoms with Crippen LogP contribution in [0.1, 0.15) is 51.4 Å². The largest absolute Gasteiger partial charge is 0.381 e. The van der Waals surface area contributed by atoms with Crippen molar-refractivity contribution in [3.63, 3.8) is 0 Å². The van der Waals surface area contributed by atoms with Crippen LogP contribution in [0.2, 0.25) is 0 Å². The van der Waals surface area contributed by atoms with Gasteiger partial charge in [0.2, 0.25) is 0 Å². The van der Waals surface area contributed by atoms with E-state index in [1.54, 1.807) is 0 Å². The second-order valence-corrected chi connectivity index (χ2v) is 4.34. The van der Waals surface area contributed by atoms with Crippen LogP contribution in [0.25, 0.3) is 0 Å². The van der Waals surface area contributed by atoms with E-state index >= 15 is 0 Å². The molecule has 82 valence electrons. The molecule has 0 aromatic carbocycles. The van der Waals surface area contributed by atoms with Crippen molar-refractivity contribution in [2.45, 2.75) is 51.4 Å². The minimum atomic E-state index is 1.00. The molecule has 2 rings (SSSR count). The van der Waals surface area contributed by atoms with Gasteiger partial charge in [-0.25, -0.2) is 0 Å². The Bertz CT molecular complexity index is 123. The van der Waals surface area contributed by atoms with Gasteiger partial charge in [0.05, 0.1) is 0 Å². The maximum Gasteiger partial charge on any atom is 0.0466 e. The van der Waals surface area contributed by atoms with Crippen LogP contribution in [0.5, 0.6) is 0 Å². The average Bonchev–Trinajstić information content (AvgIpc) is 2.20. The molecule has 0 unspecified atom stereocenters. The highest BCUT2D eigenvalue weighted by atomic mass is 16.5. The maximum atomic E-state index is 5.07. The third-order valence-electron chi connectivity index (χ3n) is 3.08. The van der Waals surface area contributed by atoms with Gasteiger partial charge >= 0.3 is 0 Å². The zero-order valence-electron chi connectivity index (χ0n) is 9.34.